The van der Waals surface area contributed by atoms with Crippen LogP contribution in [-0.4, -0.2) is 50.8 Å². The van der Waals surface area contributed by atoms with E-state index in [1.54, 1.807) is 0 Å². The molecule has 1 aromatic carbocycles. The van der Waals surface area contributed by atoms with Crippen molar-refractivity contribution in [2.24, 2.45) is 0 Å². The second-order valence-corrected chi connectivity index (χ2v) is 5.69. The van der Waals surface area contributed by atoms with Gasteiger partial charge in [0.2, 0.25) is 5.91 Å². The van der Waals surface area contributed by atoms with Gasteiger partial charge in [-0.15, -0.1) is 24.8 Å². The summed E-state index contributed by atoms with van der Waals surface area (Å²) < 4.78 is 5.34. The SMILES string of the molecule is Cl.Cl.O=C(NC1CCN(c2ccccc2)CC1)C1COCCN1. The lowest BCUT2D eigenvalue weighted by molar-refractivity contribution is -0.126. The van der Waals surface area contributed by atoms with Gasteiger partial charge in [0.1, 0.15) is 6.04 Å². The largest absolute Gasteiger partial charge is 0.378 e. The molecule has 2 heterocycles. The zero-order valence-corrected chi connectivity index (χ0v) is 14.7. The fourth-order valence-electron chi connectivity index (χ4n) is 2.96. The van der Waals surface area contributed by atoms with Gasteiger partial charge < -0.3 is 20.3 Å². The number of carbonyl (C=O) groups excluding carboxylic acids is 1. The first-order valence-electron chi connectivity index (χ1n) is 7.74. The van der Waals surface area contributed by atoms with Crippen molar-refractivity contribution >= 4 is 36.4 Å². The minimum absolute atomic E-state index is 0. The molecule has 2 N–H and O–H groups in total. The second-order valence-electron chi connectivity index (χ2n) is 5.69. The van der Waals surface area contributed by atoms with Crippen molar-refractivity contribution in [3.8, 4) is 0 Å². The van der Waals surface area contributed by atoms with E-state index >= 15 is 0 Å². The molecule has 2 fully saturated rings. The minimum atomic E-state index is -0.189. The molecular formula is C16H25Cl2N3O2. The maximum atomic E-state index is 12.2. The summed E-state index contributed by atoms with van der Waals surface area (Å²) in [5.74, 6) is 0.0767. The molecule has 0 aromatic heterocycles. The van der Waals surface area contributed by atoms with E-state index in [1.807, 2.05) is 6.07 Å². The molecule has 1 atom stereocenters. The Morgan fingerprint density at radius 1 is 1.17 bits per heavy atom. The number of piperidine rings is 1. The molecule has 1 aromatic rings. The molecule has 2 aliphatic heterocycles. The van der Waals surface area contributed by atoms with Crippen LogP contribution in [-0.2, 0) is 9.53 Å². The fourth-order valence-corrected chi connectivity index (χ4v) is 2.96. The molecule has 0 bridgehead atoms. The fraction of sp³-hybridized carbons (Fsp3) is 0.562. The minimum Gasteiger partial charge on any atom is -0.378 e. The molecule has 3 rings (SSSR count). The number of rotatable bonds is 3. The number of hydrogen-bond acceptors (Lipinski definition) is 4. The summed E-state index contributed by atoms with van der Waals surface area (Å²) >= 11 is 0. The molecule has 23 heavy (non-hydrogen) atoms. The van der Waals surface area contributed by atoms with E-state index in [4.69, 9.17) is 4.74 Å². The van der Waals surface area contributed by atoms with Crippen LogP contribution in [0.15, 0.2) is 30.3 Å². The molecule has 2 aliphatic rings. The van der Waals surface area contributed by atoms with E-state index < -0.39 is 0 Å². The van der Waals surface area contributed by atoms with Gasteiger partial charge in [-0.2, -0.15) is 0 Å². The highest BCUT2D eigenvalue weighted by Crippen LogP contribution is 2.19. The van der Waals surface area contributed by atoms with Crippen molar-refractivity contribution in [3.05, 3.63) is 30.3 Å². The van der Waals surface area contributed by atoms with Crippen LogP contribution in [0.5, 0.6) is 0 Å². The topological polar surface area (TPSA) is 53.6 Å². The van der Waals surface area contributed by atoms with Crippen molar-refractivity contribution in [3.63, 3.8) is 0 Å². The van der Waals surface area contributed by atoms with Crippen LogP contribution in [0, 0.1) is 0 Å². The molecule has 1 unspecified atom stereocenters. The van der Waals surface area contributed by atoms with Gasteiger partial charge in [0.15, 0.2) is 0 Å². The summed E-state index contributed by atoms with van der Waals surface area (Å²) in [4.78, 5) is 14.5. The van der Waals surface area contributed by atoms with Gasteiger partial charge in [0.05, 0.1) is 13.2 Å². The van der Waals surface area contributed by atoms with Gasteiger partial charge >= 0.3 is 0 Å². The molecule has 130 valence electrons. The first-order chi connectivity index (χ1) is 10.3. The average Bonchev–Trinajstić information content (AvgIpc) is 2.57. The number of morpholine rings is 1. The van der Waals surface area contributed by atoms with Crippen molar-refractivity contribution in [2.45, 2.75) is 24.9 Å². The van der Waals surface area contributed by atoms with E-state index in [0.29, 0.717) is 13.2 Å². The smallest absolute Gasteiger partial charge is 0.239 e. The van der Waals surface area contributed by atoms with E-state index in [1.165, 1.54) is 5.69 Å². The number of anilines is 1. The standard InChI is InChI=1S/C16H23N3O2.2ClH/c20-16(15-12-21-11-8-17-15)18-13-6-9-19(10-7-13)14-4-2-1-3-5-14;;/h1-5,13,15,17H,6-12H2,(H,18,20);2*1H. The highest BCUT2D eigenvalue weighted by atomic mass is 35.5. The van der Waals surface area contributed by atoms with Crippen LogP contribution < -0.4 is 15.5 Å². The van der Waals surface area contributed by atoms with Crippen LogP contribution in [0.25, 0.3) is 0 Å². The first-order valence-corrected chi connectivity index (χ1v) is 7.74. The number of hydrogen-bond donors (Lipinski definition) is 2. The maximum Gasteiger partial charge on any atom is 0.239 e. The van der Waals surface area contributed by atoms with Crippen molar-refractivity contribution in [1.82, 2.24) is 10.6 Å². The van der Waals surface area contributed by atoms with E-state index in [-0.39, 0.29) is 42.8 Å². The lowest BCUT2D eigenvalue weighted by Gasteiger charge is -2.35. The van der Waals surface area contributed by atoms with Crippen molar-refractivity contribution in [2.75, 3.05) is 37.7 Å². The number of benzene rings is 1. The molecule has 7 heteroatoms. The molecule has 2 saturated heterocycles. The van der Waals surface area contributed by atoms with E-state index in [9.17, 15) is 4.79 Å². The summed E-state index contributed by atoms with van der Waals surface area (Å²) in [5.41, 5.74) is 1.27. The number of nitrogens with one attached hydrogen (secondary N) is 2. The first kappa shape index (κ1) is 20.0. The van der Waals surface area contributed by atoms with Gasteiger partial charge in [0.25, 0.3) is 0 Å². The monoisotopic (exact) mass is 361 g/mol. The molecular weight excluding hydrogens is 337 g/mol. The van der Waals surface area contributed by atoms with Crippen LogP contribution in [0.4, 0.5) is 5.69 Å². The number of nitrogens with zero attached hydrogens (tertiary/aromatic N) is 1. The second kappa shape index (κ2) is 9.98. The molecule has 5 nitrogen and oxygen atoms in total. The normalized spacial score (nSPS) is 21.7. The predicted octanol–water partition coefficient (Wildman–Crippen LogP) is 1.60. The zero-order valence-electron chi connectivity index (χ0n) is 13.1. The third-order valence-electron chi connectivity index (χ3n) is 4.20. The predicted molar refractivity (Wildman–Crippen MR) is 96.9 cm³/mol. The average molecular weight is 362 g/mol. The Hall–Kier alpha value is -1.01. The van der Waals surface area contributed by atoms with E-state index in [2.05, 4.69) is 39.8 Å². The molecule has 0 radical (unpaired) electrons. The molecule has 0 saturated carbocycles. The summed E-state index contributed by atoms with van der Waals surface area (Å²) in [7, 11) is 0. The van der Waals surface area contributed by atoms with Crippen LogP contribution in [0.3, 0.4) is 0 Å². The van der Waals surface area contributed by atoms with E-state index in [0.717, 1.165) is 32.5 Å². The van der Waals surface area contributed by atoms with Gasteiger partial charge in [-0.25, -0.2) is 0 Å². The van der Waals surface area contributed by atoms with Crippen molar-refractivity contribution in [1.29, 1.82) is 0 Å². The summed E-state index contributed by atoms with van der Waals surface area (Å²) in [6, 6.07) is 10.5. The Morgan fingerprint density at radius 3 is 2.48 bits per heavy atom. The van der Waals surface area contributed by atoms with Crippen molar-refractivity contribution < 1.29 is 9.53 Å². The number of carbonyl (C=O) groups is 1. The Kier molecular flexibility index (Phi) is 8.69. The molecule has 0 spiro atoms. The van der Waals surface area contributed by atoms with Gasteiger partial charge in [-0.3, -0.25) is 4.79 Å². The lowest BCUT2D eigenvalue weighted by Crippen LogP contribution is -2.54. The van der Waals surface area contributed by atoms with Gasteiger partial charge in [0, 0.05) is 31.4 Å². The molecule has 1 amide bonds. The maximum absolute atomic E-state index is 12.2. The van der Waals surface area contributed by atoms with Crippen LogP contribution >= 0.6 is 24.8 Å². The van der Waals surface area contributed by atoms with Gasteiger partial charge in [-0.1, -0.05) is 18.2 Å². The van der Waals surface area contributed by atoms with Gasteiger partial charge in [-0.05, 0) is 25.0 Å². The number of amides is 1. The highest BCUT2D eigenvalue weighted by molar-refractivity contribution is 5.85. The Morgan fingerprint density at radius 2 is 1.87 bits per heavy atom. The number of para-hydroxylation sites is 1. The molecule has 0 aliphatic carbocycles. The Bertz CT molecular complexity index is 462. The third kappa shape index (κ3) is 5.53. The zero-order chi connectivity index (χ0) is 14.5. The quantitative estimate of drug-likeness (QED) is 0.858. The van der Waals surface area contributed by atoms with Crippen LogP contribution in [0.2, 0.25) is 0 Å². The third-order valence-corrected chi connectivity index (χ3v) is 4.20. The number of halogens is 2. The Balaban J connectivity index is 0.00000132. The summed E-state index contributed by atoms with van der Waals surface area (Å²) in [6.07, 6.45) is 1.99. The highest BCUT2D eigenvalue weighted by Gasteiger charge is 2.26. The lowest BCUT2D eigenvalue weighted by atomic mass is 10.0. The number of ether oxygens (including phenoxy) is 1. The summed E-state index contributed by atoms with van der Waals surface area (Å²) in [6.45, 7) is 3.91. The Labute approximate surface area is 150 Å². The van der Waals surface area contributed by atoms with Crippen LogP contribution in [0.1, 0.15) is 12.8 Å². The summed E-state index contributed by atoms with van der Waals surface area (Å²) in [5, 5.41) is 6.35.